The molecule has 0 aliphatic heterocycles. The zero-order valence-electron chi connectivity index (χ0n) is 18.8. The van der Waals surface area contributed by atoms with Crippen molar-refractivity contribution in [2.75, 3.05) is 23.7 Å². The molecule has 1 amide bonds. The van der Waals surface area contributed by atoms with Crippen LogP contribution < -0.4 is 16.0 Å². The molecule has 2 aromatic heterocycles. The lowest BCUT2D eigenvalue weighted by molar-refractivity contribution is -0.137. The van der Waals surface area contributed by atoms with Gasteiger partial charge >= 0.3 is 6.18 Å². The Bertz CT molecular complexity index is 1040. The van der Waals surface area contributed by atoms with Gasteiger partial charge in [-0.1, -0.05) is 6.42 Å². The molecular weight excluding hydrogens is 437 g/mol. The third-order valence-corrected chi connectivity index (χ3v) is 5.51. The number of aryl methyl sites for hydroxylation is 1. The van der Waals surface area contributed by atoms with E-state index in [1.807, 2.05) is 0 Å². The molecule has 0 saturated heterocycles. The van der Waals surface area contributed by atoms with Crippen molar-refractivity contribution < 1.29 is 18.0 Å². The van der Waals surface area contributed by atoms with Crippen LogP contribution in [0.1, 0.15) is 50.8 Å². The Hall–Kier alpha value is -3.36. The number of amides is 1. The second-order valence-electron chi connectivity index (χ2n) is 8.52. The Kier molecular flexibility index (Phi) is 7.09. The molecule has 1 fully saturated rings. The van der Waals surface area contributed by atoms with Crippen molar-refractivity contribution in [1.29, 1.82) is 5.26 Å². The van der Waals surface area contributed by atoms with Crippen molar-refractivity contribution in [3.63, 3.8) is 0 Å². The largest absolute Gasteiger partial charge is 0.421 e. The van der Waals surface area contributed by atoms with Gasteiger partial charge in [-0.3, -0.25) is 9.48 Å². The Morgan fingerprint density at radius 2 is 2.03 bits per heavy atom. The Balaban J connectivity index is 1.67. The van der Waals surface area contributed by atoms with Gasteiger partial charge in [-0.25, -0.2) is 4.98 Å². The predicted molar refractivity (Wildman–Crippen MR) is 116 cm³/mol. The van der Waals surface area contributed by atoms with E-state index in [2.05, 4.69) is 37.1 Å². The normalized spacial score (nSPS) is 14.3. The monoisotopic (exact) mass is 464 g/mol. The maximum Gasteiger partial charge on any atom is 0.421 e. The van der Waals surface area contributed by atoms with E-state index < -0.39 is 17.3 Å². The molecule has 0 radical (unpaired) electrons. The second-order valence-corrected chi connectivity index (χ2v) is 8.52. The molecule has 0 bridgehead atoms. The fraction of sp³-hybridized carbons (Fsp3) is 0.571. The molecule has 178 valence electrons. The first-order valence-electron chi connectivity index (χ1n) is 10.7. The minimum Gasteiger partial charge on any atom is -0.369 e. The second kappa shape index (κ2) is 9.64. The molecule has 2 aromatic rings. The fourth-order valence-electron chi connectivity index (χ4n) is 3.15. The summed E-state index contributed by atoms with van der Waals surface area (Å²) in [4.78, 5) is 19.6. The van der Waals surface area contributed by atoms with Crippen molar-refractivity contribution in [3.05, 3.63) is 23.7 Å². The van der Waals surface area contributed by atoms with Gasteiger partial charge in [-0.2, -0.15) is 28.5 Å². The van der Waals surface area contributed by atoms with Gasteiger partial charge < -0.3 is 16.0 Å². The van der Waals surface area contributed by atoms with Crippen LogP contribution in [0.5, 0.6) is 0 Å². The fourth-order valence-corrected chi connectivity index (χ4v) is 3.15. The molecule has 3 rings (SSSR count). The highest BCUT2D eigenvalue weighted by Gasteiger charge is 2.35. The van der Waals surface area contributed by atoms with Gasteiger partial charge in [0.1, 0.15) is 16.9 Å². The first-order valence-corrected chi connectivity index (χ1v) is 10.7. The molecule has 0 atom stereocenters. The molecule has 1 aliphatic carbocycles. The Morgan fingerprint density at radius 3 is 2.64 bits per heavy atom. The number of carbonyl (C=O) groups excluding carboxylic acids is 1. The van der Waals surface area contributed by atoms with E-state index >= 15 is 0 Å². The summed E-state index contributed by atoms with van der Waals surface area (Å²) in [6.45, 7) is 5.64. The van der Waals surface area contributed by atoms with Crippen LogP contribution in [0.3, 0.4) is 0 Å². The first-order chi connectivity index (χ1) is 15.5. The molecule has 0 spiro atoms. The third-order valence-electron chi connectivity index (χ3n) is 5.51. The summed E-state index contributed by atoms with van der Waals surface area (Å²) in [6, 6.07) is 2.13. The van der Waals surface area contributed by atoms with Crippen LogP contribution in [-0.4, -0.2) is 38.7 Å². The first kappa shape index (κ1) is 24.3. The molecule has 12 heteroatoms. The van der Waals surface area contributed by atoms with Crippen molar-refractivity contribution in [1.82, 2.24) is 25.1 Å². The molecular formula is C21H27F3N8O. The minimum atomic E-state index is -4.63. The summed E-state index contributed by atoms with van der Waals surface area (Å²) < 4.78 is 41.7. The number of aromatic nitrogens is 4. The van der Waals surface area contributed by atoms with Gasteiger partial charge in [0, 0.05) is 25.2 Å². The van der Waals surface area contributed by atoms with E-state index in [0.29, 0.717) is 24.3 Å². The van der Waals surface area contributed by atoms with Gasteiger partial charge in [0.25, 0.3) is 0 Å². The van der Waals surface area contributed by atoms with Gasteiger partial charge in [0.05, 0.1) is 23.6 Å². The highest BCUT2D eigenvalue weighted by Crippen LogP contribution is 2.34. The van der Waals surface area contributed by atoms with Gasteiger partial charge in [0.2, 0.25) is 11.9 Å². The quantitative estimate of drug-likeness (QED) is 0.484. The third kappa shape index (κ3) is 5.91. The summed E-state index contributed by atoms with van der Waals surface area (Å²) in [6.07, 6.45) is 0.950. The number of anilines is 3. The Labute approximate surface area is 189 Å². The zero-order valence-corrected chi connectivity index (χ0v) is 18.8. The predicted octanol–water partition coefficient (Wildman–Crippen LogP) is 3.72. The maximum absolute atomic E-state index is 13.4. The summed E-state index contributed by atoms with van der Waals surface area (Å²) in [5.41, 5.74) is -0.863. The van der Waals surface area contributed by atoms with Crippen molar-refractivity contribution in [2.24, 2.45) is 5.92 Å². The molecule has 1 aliphatic rings. The maximum atomic E-state index is 13.4. The molecule has 1 saturated carbocycles. The van der Waals surface area contributed by atoms with Crippen molar-refractivity contribution >= 4 is 23.4 Å². The SMILES string of the molecule is Cc1nn(C(C)(C)C#N)cc1Nc1ncc(C(F)(F)F)c(NCCCNC(=O)C2CCC2)n1. The number of nitriles is 1. The summed E-state index contributed by atoms with van der Waals surface area (Å²) in [7, 11) is 0. The van der Waals surface area contributed by atoms with Crippen LogP contribution in [0.4, 0.5) is 30.6 Å². The summed E-state index contributed by atoms with van der Waals surface area (Å²) in [5, 5.41) is 21.9. The molecule has 2 heterocycles. The average molecular weight is 464 g/mol. The van der Waals surface area contributed by atoms with Gasteiger partial charge in [0.15, 0.2) is 0 Å². The smallest absolute Gasteiger partial charge is 0.369 e. The van der Waals surface area contributed by atoms with Gasteiger partial charge in [-0.05, 0) is 40.0 Å². The topological polar surface area (TPSA) is 121 Å². The molecule has 9 nitrogen and oxygen atoms in total. The minimum absolute atomic E-state index is 0.00115. The number of halogens is 3. The van der Waals surface area contributed by atoms with E-state index in [-0.39, 0.29) is 30.1 Å². The number of nitrogens with one attached hydrogen (secondary N) is 3. The van der Waals surface area contributed by atoms with E-state index in [4.69, 9.17) is 0 Å². The number of nitrogens with zero attached hydrogens (tertiary/aromatic N) is 5. The summed E-state index contributed by atoms with van der Waals surface area (Å²) >= 11 is 0. The molecule has 0 unspecified atom stereocenters. The standard InChI is InChI=1S/C21H27F3N8O/c1-13-16(11-32(31-13)20(2,3)12-25)29-19-28-10-15(21(22,23)24)17(30-19)26-8-5-9-27-18(33)14-6-4-7-14/h10-11,14H,4-9H2,1-3H3,(H,27,33)(H2,26,28,29,30). The molecule has 33 heavy (non-hydrogen) atoms. The van der Waals surface area contributed by atoms with Crippen LogP contribution in [0.25, 0.3) is 0 Å². The number of hydrogen-bond donors (Lipinski definition) is 3. The number of alkyl halides is 3. The van der Waals surface area contributed by atoms with Crippen molar-refractivity contribution in [2.45, 2.75) is 58.2 Å². The highest BCUT2D eigenvalue weighted by atomic mass is 19.4. The van der Waals surface area contributed by atoms with Crippen LogP contribution in [0, 0.1) is 24.2 Å². The lowest BCUT2D eigenvalue weighted by Crippen LogP contribution is -2.35. The average Bonchev–Trinajstić information content (AvgIpc) is 3.07. The van der Waals surface area contributed by atoms with Crippen LogP contribution in [0.15, 0.2) is 12.4 Å². The van der Waals surface area contributed by atoms with E-state index in [9.17, 15) is 23.2 Å². The van der Waals surface area contributed by atoms with E-state index in [1.165, 1.54) is 4.68 Å². The lowest BCUT2D eigenvalue weighted by Gasteiger charge is -2.24. The van der Waals surface area contributed by atoms with Crippen LogP contribution >= 0.6 is 0 Å². The van der Waals surface area contributed by atoms with Crippen molar-refractivity contribution in [3.8, 4) is 6.07 Å². The van der Waals surface area contributed by atoms with E-state index in [0.717, 1.165) is 25.5 Å². The number of rotatable bonds is 9. The Morgan fingerprint density at radius 1 is 1.30 bits per heavy atom. The van der Waals surface area contributed by atoms with Crippen LogP contribution in [-0.2, 0) is 16.5 Å². The van der Waals surface area contributed by atoms with Crippen LogP contribution in [0.2, 0.25) is 0 Å². The summed E-state index contributed by atoms with van der Waals surface area (Å²) in [5.74, 6) is -0.327. The number of carbonyl (C=O) groups is 1. The van der Waals surface area contributed by atoms with E-state index in [1.54, 1.807) is 27.0 Å². The zero-order chi connectivity index (χ0) is 24.2. The number of hydrogen-bond acceptors (Lipinski definition) is 7. The molecule has 3 N–H and O–H groups in total. The highest BCUT2D eigenvalue weighted by molar-refractivity contribution is 5.79. The molecule has 0 aromatic carbocycles. The lowest BCUT2D eigenvalue weighted by atomic mass is 9.85. The van der Waals surface area contributed by atoms with Gasteiger partial charge in [-0.15, -0.1) is 0 Å².